The summed E-state index contributed by atoms with van der Waals surface area (Å²) in [7, 11) is 1.55. The first-order chi connectivity index (χ1) is 11.7. The van der Waals surface area contributed by atoms with E-state index in [0.717, 1.165) is 5.56 Å². The van der Waals surface area contributed by atoms with E-state index in [0.29, 0.717) is 16.5 Å². The summed E-state index contributed by atoms with van der Waals surface area (Å²) in [5, 5.41) is 15.3. The molecule has 6 heteroatoms. The van der Waals surface area contributed by atoms with Gasteiger partial charge in [-0.15, -0.1) is 0 Å². The molecule has 2 aromatic rings. The summed E-state index contributed by atoms with van der Waals surface area (Å²) in [4.78, 5) is 12.1. The Morgan fingerprint density at radius 2 is 1.96 bits per heavy atom. The first-order valence-electron chi connectivity index (χ1n) is 7.17. The summed E-state index contributed by atoms with van der Waals surface area (Å²) >= 11 is 6.04. The molecule has 0 unspecified atom stereocenters. The van der Waals surface area contributed by atoms with Crippen LogP contribution in [-0.2, 0) is 11.3 Å². The molecule has 2 N–H and O–H groups in total. The highest BCUT2D eigenvalue weighted by Gasteiger charge is 2.10. The van der Waals surface area contributed by atoms with Crippen LogP contribution in [0.3, 0.4) is 0 Å². The van der Waals surface area contributed by atoms with Gasteiger partial charge in [-0.2, -0.15) is 5.26 Å². The SMILES string of the molecule is COc1ccccc1N/C=C(/C#N)C(=O)NCc1ccccc1Cl. The third kappa shape index (κ3) is 4.51. The summed E-state index contributed by atoms with van der Waals surface area (Å²) < 4.78 is 5.20. The molecule has 0 aliphatic rings. The van der Waals surface area contributed by atoms with Gasteiger partial charge in [0.05, 0.1) is 12.8 Å². The molecular weight excluding hydrogens is 326 g/mol. The van der Waals surface area contributed by atoms with Crippen LogP contribution in [0.4, 0.5) is 5.69 Å². The highest BCUT2D eigenvalue weighted by Crippen LogP contribution is 2.23. The molecule has 0 heterocycles. The highest BCUT2D eigenvalue weighted by atomic mass is 35.5. The van der Waals surface area contributed by atoms with Crippen LogP contribution < -0.4 is 15.4 Å². The first-order valence-corrected chi connectivity index (χ1v) is 7.55. The topological polar surface area (TPSA) is 74.1 Å². The van der Waals surface area contributed by atoms with Crippen molar-refractivity contribution in [1.82, 2.24) is 5.32 Å². The van der Waals surface area contributed by atoms with Crippen molar-refractivity contribution in [2.75, 3.05) is 12.4 Å². The average molecular weight is 342 g/mol. The fourth-order valence-electron chi connectivity index (χ4n) is 1.97. The standard InChI is InChI=1S/C18H16ClN3O2/c1-24-17-9-5-4-8-16(17)21-12-14(10-20)18(23)22-11-13-6-2-3-7-15(13)19/h2-9,12,21H,11H2,1H3,(H,22,23)/b14-12-. The smallest absolute Gasteiger partial charge is 0.263 e. The Bertz CT molecular complexity index is 797. The third-order valence-electron chi connectivity index (χ3n) is 3.24. The van der Waals surface area contributed by atoms with E-state index in [2.05, 4.69) is 10.6 Å². The maximum atomic E-state index is 12.1. The van der Waals surface area contributed by atoms with Gasteiger partial charge in [0.15, 0.2) is 0 Å². The molecular formula is C18H16ClN3O2. The predicted molar refractivity (Wildman–Crippen MR) is 93.6 cm³/mol. The Morgan fingerprint density at radius 3 is 2.67 bits per heavy atom. The Morgan fingerprint density at radius 1 is 1.25 bits per heavy atom. The number of nitriles is 1. The molecule has 0 aromatic heterocycles. The molecule has 24 heavy (non-hydrogen) atoms. The fourth-order valence-corrected chi connectivity index (χ4v) is 2.18. The number of carbonyl (C=O) groups excluding carboxylic acids is 1. The zero-order chi connectivity index (χ0) is 17.4. The minimum atomic E-state index is -0.486. The van der Waals surface area contributed by atoms with Crippen LogP contribution in [-0.4, -0.2) is 13.0 Å². The van der Waals surface area contributed by atoms with Crippen LogP contribution in [0.2, 0.25) is 5.02 Å². The molecule has 2 rings (SSSR count). The van der Waals surface area contributed by atoms with Crippen molar-refractivity contribution >= 4 is 23.2 Å². The quantitative estimate of drug-likeness (QED) is 0.623. The van der Waals surface area contributed by atoms with Crippen molar-refractivity contribution in [1.29, 1.82) is 5.26 Å². The van der Waals surface area contributed by atoms with Crippen LogP contribution in [0.5, 0.6) is 5.75 Å². The Hall–Kier alpha value is -2.97. The van der Waals surface area contributed by atoms with Gasteiger partial charge in [-0.1, -0.05) is 41.9 Å². The number of para-hydroxylation sites is 2. The minimum Gasteiger partial charge on any atom is -0.495 e. The second-order valence-electron chi connectivity index (χ2n) is 4.79. The van der Waals surface area contributed by atoms with Crippen LogP contribution in [0.25, 0.3) is 0 Å². The lowest BCUT2D eigenvalue weighted by Gasteiger charge is -2.09. The lowest BCUT2D eigenvalue weighted by atomic mass is 10.2. The first kappa shape index (κ1) is 17.4. The van der Waals surface area contributed by atoms with Gasteiger partial charge in [0, 0.05) is 17.8 Å². The number of hydrogen-bond acceptors (Lipinski definition) is 4. The number of methoxy groups -OCH3 is 1. The van der Waals surface area contributed by atoms with Crippen molar-refractivity contribution in [2.45, 2.75) is 6.54 Å². The monoisotopic (exact) mass is 341 g/mol. The molecule has 0 fully saturated rings. The van der Waals surface area contributed by atoms with Gasteiger partial charge in [0.1, 0.15) is 17.4 Å². The fraction of sp³-hybridized carbons (Fsp3) is 0.111. The number of amides is 1. The van der Waals surface area contributed by atoms with Gasteiger partial charge in [0.2, 0.25) is 0 Å². The van der Waals surface area contributed by atoms with Crippen molar-refractivity contribution in [3.63, 3.8) is 0 Å². The van der Waals surface area contributed by atoms with E-state index < -0.39 is 5.91 Å². The molecule has 2 aromatic carbocycles. The van der Waals surface area contributed by atoms with Crippen LogP contribution in [0, 0.1) is 11.3 Å². The maximum Gasteiger partial charge on any atom is 0.263 e. The van der Waals surface area contributed by atoms with Gasteiger partial charge in [-0.05, 0) is 23.8 Å². The lowest BCUT2D eigenvalue weighted by Crippen LogP contribution is -2.24. The number of nitrogens with zero attached hydrogens (tertiary/aromatic N) is 1. The zero-order valence-electron chi connectivity index (χ0n) is 13.0. The van der Waals surface area contributed by atoms with Gasteiger partial charge in [-0.25, -0.2) is 0 Å². The Kier molecular flexibility index (Phi) is 6.23. The largest absolute Gasteiger partial charge is 0.495 e. The summed E-state index contributed by atoms with van der Waals surface area (Å²) in [6, 6.07) is 16.3. The normalized spacial score (nSPS) is 10.6. The number of benzene rings is 2. The summed E-state index contributed by atoms with van der Waals surface area (Å²) in [5.74, 6) is 0.127. The number of rotatable bonds is 6. The Labute approximate surface area is 145 Å². The molecule has 0 saturated heterocycles. The molecule has 0 spiro atoms. The number of carbonyl (C=O) groups is 1. The van der Waals surface area contributed by atoms with Crippen LogP contribution in [0.15, 0.2) is 60.3 Å². The van der Waals surface area contributed by atoms with Crippen molar-refractivity contribution in [3.05, 3.63) is 70.9 Å². The molecule has 0 radical (unpaired) electrons. The van der Waals surface area contributed by atoms with Gasteiger partial charge >= 0.3 is 0 Å². The zero-order valence-corrected chi connectivity index (χ0v) is 13.8. The molecule has 0 bridgehead atoms. The van der Waals surface area contributed by atoms with Gasteiger partial charge in [-0.3, -0.25) is 4.79 Å². The van der Waals surface area contributed by atoms with E-state index in [4.69, 9.17) is 16.3 Å². The lowest BCUT2D eigenvalue weighted by molar-refractivity contribution is -0.117. The third-order valence-corrected chi connectivity index (χ3v) is 3.61. The molecule has 0 atom stereocenters. The summed E-state index contributed by atoms with van der Waals surface area (Å²) in [6.07, 6.45) is 1.35. The van der Waals surface area contributed by atoms with Crippen molar-refractivity contribution in [2.24, 2.45) is 0 Å². The van der Waals surface area contributed by atoms with Crippen LogP contribution >= 0.6 is 11.6 Å². The van der Waals surface area contributed by atoms with E-state index in [1.807, 2.05) is 36.4 Å². The molecule has 0 aliphatic carbocycles. The number of anilines is 1. The molecule has 5 nitrogen and oxygen atoms in total. The number of ether oxygens (including phenoxy) is 1. The second kappa shape index (κ2) is 8.61. The highest BCUT2D eigenvalue weighted by molar-refractivity contribution is 6.31. The van der Waals surface area contributed by atoms with Gasteiger partial charge < -0.3 is 15.4 Å². The molecule has 0 aliphatic heterocycles. The van der Waals surface area contributed by atoms with Crippen LogP contribution in [0.1, 0.15) is 5.56 Å². The molecule has 0 saturated carbocycles. The number of halogens is 1. The molecule has 1 amide bonds. The predicted octanol–water partition coefficient (Wildman–Crippen LogP) is 3.48. The van der Waals surface area contributed by atoms with E-state index in [-0.39, 0.29) is 12.1 Å². The summed E-state index contributed by atoms with van der Waals surface area (Å²) in [5.41, 5.74) is 1.39. The average Bonchev–Trinajstić information content (AvgIpc) is 2.62. The molecule has 122 valence electrons. The van der Waals surface area contributed by atoms with Crippen molar-refractivity contribution in [3.8, 4) is 11.8 Å². The minimum absolute atomic E-state index is 0.0482. The second-order valence-corrected chi connectivity index (χ2v) is 5.20. The summed E-state index contributed by atoms with van der Waals surface area (Å²) in [6.45, 7) is 0.242. The number of nitrogens with one attached hydrogen (secondary N) is 2. The van der Waals surface area contributed by atoms with E-state index in [1.54, 1.807) is 25.3 Å². The van der Waals surface area contributed by atoms with E-state index in [1.165, 1.54) is 6.20 Å². The van der Waals surface area contributed by atoms with E-state index >= 15 is 0 Å². The van der Waals surface area contributed by atoms with Crippen molar-refractivity contribution < 1.29 is 9.53 Å². The van der Waals surface area contributed by atoms with E-state index in [9.17, 15) is 10.1 Å². The maximum absolute atomic E-state index is 12.1. The Balaban J connectivity index is 2.03. The van der Waals surface area contributed by atoms with Gasteiger partial charge in [0.25, 0.3) is 5.91 Å². The number of hydrogen-bond donors (Lipinski definition) is 2.